The van der Waals surface area contributed by atoms with Crippen molar-refractivity contribution < 1.29 is 5.11 Å². The summed E-state index contributed by atoms with van der Waals surface area (Å²) in [6.45, 7) is 0. The average molecular weight is 392 g/mol. The molecule has 0 radical (unpaired) electrons. The van der Waals surface area contributed by atoms with Crippen LogP contribution in [0.1, 0.15) is 0 Å². The Bertz CT molecular complexity index is 1490. The third-order valence-corrected chi connectivity index (χ3v) is 6.44. The van der Waals surface area contributed by atoms with Gasteiger partial charge in [0.15, 0.2) is 0 Å². The van der Waals surface area contributed by atoms with Gasteiger partial charge in [0.1, 0.15) is 10.8 Å². The molecule has 0 aliphatic heterocycles. The maximum absolute atomic E-state index is 10.5. The van der Waals surface area contributed by atoms with E-state index in [1.807, 2.05) is 36.4 Å². The molecule has 0 fully saturated rings. The second-order valence-electron chi connectivity index (χ2n) is 7.12. The molecule has 138 valence electrons. The van der Waals surface area contributed by atoms with Crippen LogP contribution < -0.4 is 0 Å². The van der Waals surface area contributed by atoms with Crippen molar-refractivity contribution in [1.82, 2.24) is 9.97 Å². The van der Waals surface area contributed by atoms with Crippen molar-refractivity contribution in [1.29, 1.82) is 0 Å². The first-order valence-corrected chi connectivity index (χ1v) is 10.3. The van der Waals surface area contributed by atoms with Crippen molar-refractivity contribution in [2.75, 3.05) is 0 Å². The average Bonchev–Trinajstić information content (AvgIpc) is 3.35. The molecule has 4 aromatic carbocycles. The molecular weight excluding hydrogens is 376 g/mol. The highest BCUT2D eigenvalue weighted by Gasteiger charge is 2.14. The minimum atomic E-state index is 0.247. The van der Waals surface area contributed by atoms with E-state index < -0.39 is 0 Å². The summed E-state index contributed by atoms with van der Waals surface area (Å²) in [6.07, 6.45) is 0. The number of nitrogens with one attached hydrogen (secondary N) is 1. The van der Waals surface area contributed by atoms with Crippen molar-refractivity contribution in [3.05, 3.63) is 84.9 Å². The fourth-order valence-electron chi connectivity index (χ4n) is 3.98. The topological polar surface area (TPSA) is 48.9 Å². The van der Waals surface area contributed by atoms with Crippen LogP contribution in [0.2, 0.25) is 0 Å². The summed E-state index contributed by atoms with van der Waals surface area (Å²) in [5.41, 5.74) is 6.11. The van der Waals surface area contributed by atoms with Crippen molar-refractivity contribution in [2.45, 2.75) is 0 Å². The predicted molar refractivity (Wildman–Crippen MR) is 122 cm³/mol. The molecule has 0 amide bonds. The number of phenols is 1. The molecule has 0 unspecified atom stereocenters. The van der Waals surface area contributed by atoms with E-state index in [0.717, 1.165) is 42.9 Å². The van der Waals surface area contributed by atoms with Gasteiger partial charge < -0.3 is 10.1 Å². The van der Waals surface area contributed by atoms with E-state index in [2.05, 4.69) is 47.4 Å². The van der Waals surface area contributed by atoms with Gasteiger partial charge in [-0.1, -0.05) is 54.6 Å². The van der Waals surface area contributed by atoms with E-state index in [4.69, 9.17) is 4.98 Å². The molecule has 3 nitrogen and oxygen atoms in total. The number of hydrogen-bond donors (Lipinski definition) is 2. The van der Waals surface area contributed by atoms with Gasteiger partial charge in [0.25, 0.3) is 0 Å². The Morgan fingerprint density at radius 1 is 0.759 bits per heavy atom. The Labute approximate surface area is 170 Å². The molecular formula is C25H16N2OS. The van der Waals surface area contributed by atoms with Gasteiger partial charge in [0.2, 0.25) is 0 Å². The highest BCUT2D eigenvalue weighted by molar-refractivity contribution is 7.21. The first kappa shape index (κ1) is 16.3. The van der Waals surface area contributed by atoms with Gasteiger partial charge in [-0.25, -0.2) is 4.98 Å². The van der Waals surface area contributed by atoms with Crippen LogP contribution >= 0.6 is 11.3 Å². The van der Waals surface area contributed by atoms with E-state index in [9.17, 15) is 5.11 Å². The molecule has 0 aliphatic rings. The van der Waals surface area contributed by atoms with Gasteiger partial charge in [0.05, 0.1) is 21.3 Å². The quantitative estimate of drug-likeness (QED) is 0.334. The zero-order chi connectivity index (χ0) is 19.4. The zero-order valence-electron chi connectivity index (χ0n) is 15.4. The van der Waals surface area contributed by atoms with Crippen LogP contribution in [0.5, 0.6) is 5.75 Å². The van der Waals surface area contributed by atoms with E-state index in [-0.39, 0.29) is 5.75 Å². The number of H-pyrrole nitrogens is 1. The van der Waals surface area contributed by atoms with E-state index >= 15 is 0 Å². The molecule has 4 heteroatoms. The van der Waals surface area contributed by atoms with Gasteiger partial charge in [-0.05, 0) is 35.9 Å². The Balaban J connectivity index is 1.57. The molecule has 6 aromatic rings. The number of hydrogen-bond acceptors (Lipinski definition) is 3. The summed E-state index contributed by atoms with van der Waals surface area (Å²) in [4.78, 5) is 8.29. The second kappa shape index (κ2) is 6.19. The van der Waals surface area contributed by atoms with Crippen LogP contribution in [0.4, 0.5) is 0 Å². The van der Waals surface area contributed by atoms with E-state index in [0.29, 0.717) is 0 Å². The number of rotatable bonds is 2. The molecule has 0 spiro atoms. The van der Waals surface area contributed by atoms with Crippen LogP contribution in [-0.4, -0.2) is 15.1 Å². The minimum Gasteiger partial charge on any atom is -0.507 e. The van der Waals surface area contributed by atoms with Gasteiger partial charge >= 0.3 is 0 Å². The Hall–Kier alpha value is -3.63. The number of aromatic amines is 1. The lowest BCUT2D eigenvalue weighted by Gasteiger charge is -2.07. The summed E-state index contributed by atoms with van der Waals surface area (Å²) in [6, 6.07) is 28.5. The number of aromatic hydroxyl groups is 1. The normalized spacial score (nSPS) is 11.6. The molecule has 29 heavy (non-hydrogen) atoms. The predicted octanol–water partition coefficient (Wildman–Crippen LogP) is 6.97. The van der Waals surface area contributed by atoms with Crippen molar-refractivity contribution in [2.24, 2.45) is 0 Å². The summed E-state index contributed by atoms with van der Waals surface area (Å²) in [5.74, 6) is 0.247. The van der Waals surface area contributed by atoms with E-state index in [1.54, 1.807) is 17.4 Å². The minimum absolute atomic E-state index is 0.247. The number of nitrogens with zero attached hydrogens (tertiary/aromatic N) is 1. The maximum Gasteiger partial charge on any atom is 0.128 e. The molecule has 0 aliphatic carbocycles. The molecule has 2 aromatic heterocycles. The lowest BCUT2D eigenvalue weighted by atomic mass is 10.00. The Morgan fingerprint density at radius 2 is 1.59 bits per heavy atom. The van der Waals surface area contributed by atoms with Crippen LogP contribution in [0, 0.1) is 0 Å². The van der Waals surface area contributed by atoms with E-state index in [1.165, 1.54) is 10.8 Å². The number of benzene rings is 4. The lowest BCUT2D eigenvalue weighted by molar-refractivity contribution is 0.477. The van der Waals surface area contributed by atoms with Crippen LogP contribution in [-0.2, 0) is 0 Å². The first-order valence-electron chi connectivity index (χ1n) is 9.47. The molecule has 0 atom stereocenters. The lowest BCUT2D eigenvalue weighted by Crippen LogP contribution is -1.84. The summed E-state index contributed by atoms with van der Waals surface area (Å²) in [5, 5.41) is 13.8. The van der Waals surface area contributed by atoms with Gasteiger partial charge in [-0.2, -0.15) is 0 Å². The van der Waals surface area contributed by atoms with Crippen LogP contribution in [0.25, 0.3) is 53.7 Å². The van der Waals surface area contributed by atoms with Gasteiger partial charge in [-0.15, -0.1) is 11.3 Å². The van der Waals surface area contributed by atoms with Gasteiger partial charge in [-0.3, -0.25) is 0 Å². The summed E-state index contributed by atoms with van der Waals surface area (Å²) in [7, 11) is 0. The van der Waals surface area contributed by atoms with Crippen LogP contribution in [0.3, 0.4) is 0 Å². The molecule has 0 saturated carbocycles. The second-order valence-corrected chi connectivity index (χ2v) is 8.15. The molecule has 2 N–H and O–H groups in total. The molecule has 6 rings (SSSR count). The smallest absolute Gasteiger partial charge is 0.128 e. The number of phenolic OH excluding ortho intramolecular Hbond substituents is 1. The fourth-order valence-corrected chi connectivity index (χ4v) is 4.97. The zero-order valence-corrected chi connectivity index (χ0v) is 16.2. The Kier molecular flexibility index (Phi) is 3.49. The Morgan fingerprint density at radius 3 is 2.52 bits per heavy atom. The third-order valence-electron chi connectivity index (χ3n) is 5.37. The number of thiazole rings is 1. The highest BCUT2D eigenvalue weighted by atomic mass is 32.1. The monoisotopic (exact) mass is 392 g/mol. The van der Waals surface area contributed by atoms with Crippen LogP contribution in [0.15, 0.2) is 84.9 Å². The molecule has 2 heterocycles. The van der Waals surface area contributed by atoms with Gasteiger partial charge in [0, 0.05) is 21.9 Å². The fraction of sp³-hybridized carbons (Fsp3) is 0. The van der Waals surface area contributed by atoms with Crippen molar-refractivity contribution >= 4 is 43.4 Å². The number of fused-ring (bicyclic) bond motifs is 4. The number of para-hydroxylation sites is 3. The summed E-state index contributed by atoms with van der Waals surface area (Å²) < 4.78 is 1.12. The highest BCUT2D eigenvalue weighted by Crippen LogP contribution is 2.39. The largest absolute Gasteiger partial charge is 0.507 e. The maximum atomic E-state index is 10.5. The molecule has 0 saturated heterocycles. The van der Waals surface area contributed by atoms with Crippen molar-refractivity contribution in [3.8, 4) is 27.4 Å². The number of aromatic nitrogens is 2. The first-order chi connectivity index (χ1) is 14.3. The SMILES string of the molecule is Oc1ccc(-c2cccc3c2[nH]c2ccccc23)cc1-c1nc2ccccc2s1. The van der Waals surface area contributed by atoms with Crippen molar-refractivity contribution in [3.63, 3.8) is 0 Å². The standard InChI is InChI=1S/C25H16N2OS/c28-22-13-12-15(14-19(22)25-27-21-10-3-4-11-23(21)29-25)16-7-5-8-18-17-6-1-2-9-20(17)26-24(16)18/h1-14,26,28H. The molecule has 0 bridgehead atoms. The summed E-state index contributed by atoms with van der Waals surface area (Å²) >= 11 is 1.60. The third kappa shape index (κ3) is 2.53.